The van der Waals surface area contributed by atoms with Crippen LogP contribution in [0, 0.1) is 0 Å². The Morgan fingerprint density at radius 2 is 1.80 bits per heavy atom. The fourth-order valence-corrected chi connectivity index (χ4v) is 3.99. The van der Waals surface area contributed by atoms with Crippen molar-refractivity contribution in [2.75, 3.05) is 5.73 Å². The average Bonchev–Trinajstić information content (AvgIpc) is 3.08. The van der Waals surface area contributed by atoms with E-state index in [2.05, 4.69) is 22.3 Å². The van der Waals surface area contributed by atoms with Crippen LogP contribution in [-0.4, -0.2) is 15.2 Å². The summed E-state index contributed by atoms with van der Waals surface area (Å²) in [6.45, 7) is 0. The molecule has 0 saturated heterocycles. The molecule has 2 N–H and O–H groups in total. The molecule has 1 aliphatic rings. The van der Waals surface area contributed by atoms with E-state index in [9.17, 15) is 0 Å². The SMILES string of the molecule is Nc1nnc(-c2sc(-c3ccccc3)nc2C2CC2)s1. The van der Waals surface area contributed by atoms with Gasteiger partial charge in [-0.3, -0.25) is 0 Å². The first-order chi connectivity index (χ1) is 9.81. The van der Waals surface area contributed by atoms with E-state index in [1.807, 2.05) is 18.2 Å². The zero-order chi connectivity index (χ0) is 13.5. The van der Waals surface area contributed by atoms with E-state index >= 15 is 0 Å². The van der Waals surface area contributed by atoms with Gasteiger partial charge in [0.15, 0.2) is 5.01 Å². The summed E-state index contributed by atoms with van der Waals surface area (Å²) in [6, 6.07) is 10.3. The molecule has 0 amide bonds. The molecule has 0 aliphatic heterocycles. The van der Waals surface area contributed by atoms with E-state index in [1.165, 1.54) is 29.9 Å². The van der Waals surface area contributed by atoms with Crippen molar-refractivity contribution in [2.24, 2.45) is 0 Å². The number of rotatable bonds is 3. The van der Waals surface area contributed by atoms with Crippen molar-refractivity contribution in [3.05, 3.63) is 36.0 Å². The van der Waals surface area contributed by atoms with Crippen molar-refractivity contribution in [1.29, 1.82) is 0 Å². The van der Waals surface area contributed by atoms with Gasteiger partial charge >= 0.3 is 0 Å². The van der Waals surface area contributed by atoms with E-state index < -0.39 is 0 Å². The maximum Gasteiger partial charge on any atom is 0.203 e. The number of hydrogen-bond donors (Lipinski definition) is 1. The lowest BCUT2D eigenvalue weighted by molar-refractivity contribution is 1.04. The normalized spacial score (nSPS) is 14.6. The Morgan fingerprint density at radius 3 is 2.45 bits per heavy atom. The molecule has 20 heavy (non-hydrogen) atoms. The van der Waals surface area contributed by atoms with Gasteiger partial charge in [-0.25, -0.2) is 4.98 Å². The molecule has 2 aromatic heterocycles. The third-order valence-electron chi connectivity index (χ3n) is 3.27. The Kier molecular flexibility index (Phi) is 2.78. The second-order valence-electron chi connectivity index (χ2n) is 4.82. The summed E-state index contributed by atoms with van der Waals surface area (Å²) in [7, 11) is 0. The Bertz CT molecular complexity index is 744. The highest BCUT2D eigenvalue weighted by molar-refractivity contribution is 7.24. The van der Waals surface area contributed by atoms with Crippen LogP contribution < -0.4 is 5.73 Å². The maximum absolute atomic E-state index is 5.70. The van der Waals surface area contributed by atoms with Crippen LogP contribution >= 0.6 is 22.7 Å². The standard InChI is InChI=1S/C14H12N4S2/c15-14-18-17-13(20-14)11-10(8-6-7-8)16-12(19-11)9-4-2-1-3-5-9/h1-5,8H,6-7H2,(H2,15,18). The quantitative estimate of drug-likeness (QED) is 0.799. The zero-order valence-electron chi connectivity index (χ0n) is 10.6. The molecule has 1 aromatic carbocycles. The van der Waals surface area contributed by atoms with Crippen molar-refractivity contribution in [3.8, 4) is 20.5 Å². The van der Waals surface area contributed by atoms with Crippen LogP contribution in [-0.2, 0) is 0 Å². The number of aromatic nitrogens is 3. The van der Waals surface area contributed by atoms with Crippen LogP contribution in [0.25, 0.3) is 20.5 Å². The van der Waals surface area contributed by atoms with Gasteiger partial charge < -0.3 is 5.73 Å². The van der Waals surface area contributed by atoms with Crippen molar-refractivity contribution in [1.82, 2.24) is 15.2 Å². The molecular formula is C14H12N4S2. The first kappa shape index (κ1) is 12.0. The van der Waals surface area contributed by atoms with E-state index in [0.717, 1.165) is 20.5 Å². The van der Waals surface area contributed by atoms with Gasteiger partial charge in [0.05, 0.1) is 10.6 Å². The summed E-state index contributed by atoms with van der Waals surface area (Å²) >= 11 is 3.12. The number of nitrogens with two attached hydrogens (primary N) is 1. The summed E-state index contributed by atoms with van der Waals surface area (Å²) in [5.41, 5.74) is 8.03. The van der Waals surface area contributed by atoms with Crippen molar-refractivity contribution >= 4 is 27.8 Å². The molecule has 100 valence electrons. The molecule has 0 atom stereocenters. The van der Waals surface area contributed by atoms with Crippen LogP contribution in [0.1, 0.15) is 24.5 Å². The molecule has 0 unspecified atom stereocenters. The smallest absolute Gasteiger partial charge is 0.203 e. The Balaban J connectivity index is 1.83. The predicted molar refractivity (Wildman–Crippen MR) is 82.8 cm³/mol. The van der Waals surface area contributed by atoms with Gasteiger partial charge in [-0.1, -0.05) is 41.7 Å². The van der Waals surface area contributed by atoms with Gasteiger partial charge in [0.2, 0.25) is 5.13 Å². The summed E-state index contributed by atoms with van der Waals surface area (Å²) in [5, 5.41) is 10.6. The van der Waals surface area contributed by atoms with Crippen molar-refractivity contribution < 1.29 is 0 Å². The lowest BCUT2D eigenvalue weighted by Gasteiger charge is -1.94. The number of anilines is 1. The Labute approximate surface area is 124 Å². The van der Waals surface area contributed by atoms with Crippen LogP contribution in [0.4, 0.5) is 5.13 Å². The minimum absolute atomic E-state index is 0.511. The number of benzene rings is 1. The highest BCUT2D eigenvalue weighted by atomic mass is 32.1. The summed E-state index contributed by atoms with van der Waals surface area (Å²) < 4.78 is 0. The number of nitrogen functional groups attached to an aromatic ring is 1. The molecule has 0 bridgehead atoms. The second kappa shape index (κ2) is 4.64. The van der Waals surface area contributed by atoms with Crippen LogP contribution in [0.3, 0.4) is 0 Å². The molecule has 0 radical (unpaired) electrons. The van der Waals surface area contributed by atoms with Gasteiger partial charge in [0.25, 0.3) is 0 Å². The minimum atomic E-state index is 0.511. The van der Waals surface area contributed by atoms with Gasteiger partial charge in [-0.2, -0.15) is 0 Å². The predicted octanol–water partition coefficient (Wildman–Crippen LogP) is 3.79. The molecule has 4 rings (SSSR count). The topological polar surface area (TPSA) is 64.7 Å². The third kappa shape index (κ3) is 2.10. The summed E-state index contributed by atoms with van der Waals surface area (Å²) in [5.74, 6) is 0.587. The second-order valence-corrected chi connectivity index (χ2v) is 6.83. The summed E-state index contributed by atoms with van der Waals surface area (Å²) in [6.07, 6.45) is 2.44. The lowest BCUT2D eigenvalue weighted by atomic mass is 10.2. The van der Waals surface area contributed by atoms with Gasteiger partial charge in [-0.15, -0.1) is 21.5 Å². The van der Waals surface area contributed by atoms with Crippen molar-refractivity contribution in [2.45, 2.75) is 18.8 Å². The fourth-order valence-electron chi connectivity index (χ4n) is 2.15. The van der Waals surface area contributed by atoms with Crippen LogP contribution in [0.15, 0.2) is 30.3 Å². The molecule has 0 spiro atoms. The Morgan fingerprint density at radius 1 is 1.00 bits per heavy atom. The number of nitrogens with zero attached hydrogens (tertiary/aromatic N) is 3. The highest BCUT2D eigenvalue weighted by Crippen LogP contribution is 2.48. The first-order valence-electron chi connectivity index (χ1n) is 6.47. The van der Waals surface area contributed by atoms with Crippen LogP contribution in [0.2, 0.25) is 0 Å². The molecule has 6 heteroatoms. The monoisotopic (exact) mass is 300 g/mol. The zero-order valence-corrected chi connectivity index (χ0v) is 12.2. The third-order valence-corrected chi connectivity index (χ3v) is 5.30. The van der Waals surface area contributed by atoms with E-state index in [-0.39, 0.29) is 0 Å². The summed E-state index contributed by atoms with van der Waals surface area (Å²) in [4.78, 5) is 5.98. The largest absolute Gasteiger partial charge is 0.374 e. The highest BCUT2D eigenvalue weighted by Gasteiger charge is 2.31. The van der Waals surface area contributed by atoms with Crippen molar-refractivity contribution in [3.63, 3.8) is 0 Å². The van der Waals surface area contributed by atoms with Crippen LogP contribution in [0.5, 0.6) is 0 Å². The number of thiazole rings is 1. The van der Waals surface area contributed by atoms with E-state index in [4.69, 9.17) is 10.7 Å². The first-order valence-corrected chi connectivity index (χ1v) is 8.10. The number of hydrogen-bond acceptors (Lipinski definition) is 6. The molecule has 4 nitrogen and oxygen atoms in total. The molecule has 1 fully saturated rings. The maximum atomic E-state index is 5.70. The van der Waals surface area contributed by atoms with Gasteiger partial charge in [-0.05, 0) is 12.8 Å². The molecule has 3 aromatic rings. The fraction of sp³-hybridized carbons (Fsp3) is 0.214. The van der Waals surface area contributed by atoms with Gasteiger partial charge in [0.1, 0.15) is 5.01 Å². The molecule has 1 aliphatic carbocycles. The molecule has 1 saturated carbocycles. The van der Waals surface area contributed by atoms with E-state index in [0.29, 0.717) is 11.0 Å². The van der Waals surface area contributed by atoms with Gasteiger partial charge in [0, 0.05) is 11.5 Å². The lowest BCUT2D eigenvalue weighted by Crippen LogP contribution is -1.84. The molecular weight excluding hydrogens is 288 g/mol. The Hall–Kier alpha value is -1.79. The minimum Gasteiger partial charge on any atom is -0.374 e. The van der Waals surface area contributed by atoms with E-state index in [1.54, 1.807) is 11.3 Å². The average molecular weight is 300 g/mol. The molecule has 2 heterocycles.